The van der Waals surface area contributed by atoms with Crippen LogP contribution < -0.4 is 5.43 Å². The Balaban J connectivity index is 1.87. The third kappa shape index (κ3) is 4.67. The van der Waals surface area contributed by atoms with E-state index in [1.165, 1.54) is 24.0 Å². The molecule has 2 aromatic rings. The maximum atomic E-state index is 11.6. The fourth-order valence-electron chi connectivity index (χ4n) is 1.54. The molecule has 112 valence electrons. The van der Waals surface area contributed by atoms with Gasteiger partial charge < -0.3 is 0 Å². The molecule has 0 aliphatic carbocycles. The van der Waals surface area contributed by atoms with Gasteiger partial charge in [-0.05, 0) is 18.2 Å². The van der Waals surface area contributed by atoms with E-state index in [9.17, 15) is 14.9 Å². The largest absolute Gasteiger partial charge is 0.278 e. The van der Waals surface area contributed by atoms with Gasteiger partial charge in [0.1, 0.15) is 0 Å². The van der Waals surface area contributed by atoms with Crippen LogP contribution in [-0.4, -0.2) is 27.8 Å². The summed E-state index contributed by atoms with van der Waals surface area (Å²) < 4.78 is 0. The maximum absolute atomic E-state index is 11.6. The van der Waals surface area contributed by atoms with E-state index in [4.69, 9.17) is 0 Å². The number of hydrogen-bond donors (Lipinski definition) is 1. The van der Waals surface area contributed by atoms with Crippen molar-refractivity contribution in [3.8, 4) is 0 Å². The number of hydrogen-bond acceptors (Lipinski definition) is 6. The van der Waals surface area contributed by atoms with Crippen molar-refractivity contribution in [3.05, 3.63) is 64.3 Å². The Kier molecular flexibility index (Phi) is 5.61. The first-order chi connectivity index (χ1) is 10.7. The summed E-state index contributed by atoms with van der Waals surface area (Å²) in [6.07, 6.45) is 2.90. The van der Waals surface area contributed by atoms with Crippen molar-refractivity contribution in [2.24, 2.45) is 5.10 Å². The number of aromatic nitrogens is 1. The summed E-state index contributed by atoms with van der Waals surface area (Å²) in [6, 6.07) is 11.6. The fraction of sp³-hybridized carbons (Fsp3) is 0.0714. The highest BCUT2D eigenvalue weighted by Gasteiger charge is 2.10. The SMILES string of the molecule is O=C(CSc1ccccn1)NN=Cc1ccccc1[N+](=O)[O-]. The van der Waals surface area contributed by atoms with Crippen molar-refractivity contribution in [1.82, 2.24) is 10.4 Å². The molecule has 8 heteroatoms. The zero-order valence-corrected chi connectivity index (χ0v) is 12.2. The average molecular weight is 316 g/mol. The van der Waals surface area contributed by atoms with Crippen LogP contribution in [0.5, 0.6) is 0 Å². The predicted molar refractivity (Wildman–Crippen MR) is 83.8 cm³/mol. The van der Waals surface area contributed by atoms with Gasteiger partial charge in [0.25, 0.3) is 5.69 Å². The molecule has 1 aromatic carbocycles. The van der Waals surface area contributed by atoms with Crippen LogP contribution in [0.2, 0.25) is 0 Å². The first kappa shape index (κ1) is 15.6. The van der Waals surface area contributed by atoms with Crippen molar-refractivity contribution in [2.45, 2.75) is 5.03 Å². The van der Waals surface area contributed by atoms with Gasteiger partial charge in [0.05, 0.1) is 27.5 Å². The molecule has 0 radical (unpaired) electrons. The summed E-state index contributed by atoms with van der Waals surface area (Å²) in [4.78, 5) is 26.0. The second kappa shape index (κ2) is 7.89. The van der Waals surface area contributed by atoms with Gasteiger partial charge in [-0.15, -0.1) is 0 Å². The molecule has 0 aliphatic rings. The lowest BCUT2D eigenvalue weighted by Gasteiger charge is -2.00. The average Bonchev–Trinajstić information content (AvgIpc) is 2.54. The monoisotopic (exact) mass is 316 g/mol. The van der Waals surface area contributed by atoms with Crippen LogP contribution in [0.15, 0.2) is 58.8 Å². The summed E-state index contributed by atoms with van der Waals surface area (Å²) in [5.41, 5.74) is 2.58. The van der Waals surface area contributed by atoms with Gasteiger partial charge in [-0.3, -0.25) is 14.9 Å². The van der Waals surface area contributed by atoms with Crippen LogP contribution in [0.25, 0.3) is 0 Å². The van der Waals surface area contributed by atoms with Gasteiger partial charge in [-0.1, -0.05) is 30.0 Å². The molecule has 0 bridgehead atoms. The normalized spacial score (nSPS) is 10.5. The van der Waals surface area contributed by atoms with Crippen LogP contribution in [0, 0.1) is 10.1 Å². The number of amides is 1. The summed E-state index contributed by atoms with van der Waals surface area (Å²) in [5.74, 6) is -0.156. The lowest BCUT2D eigenvalue weighted by atomic mass is 10.2. The number of hydrazone groups is 1. The highest BCUT2D eigenvalue weighted by atomic mass is 32.2. The zero-order valence-electron chi connectivity index (χ0n) is 11.4. The van der Waals surface area contributed by atoms with Gasteiger partial charge in [-0.2, -0.15) is 5.10 Å². The Morgan fingerprint density at radius 3 is 2.82 bits per heavy atom. The standard InChI is InChI=1S/C14H12N4O3S/c19-13(10-22-14-7-3-4-8-15-14)17-16-9-11-5-1-2-6-12(11)18(20)21/h1-9H,10H2,(H,17,19). The smallest absolute Gasteiger partial charge is 0.272 e. The minimum Gasteiger partial charge on any atom is -0.272 e. The number of carbonyl (C=O) groups excluding carboxylic acids is 1. The number of carbonyl (C=O) groups is 1. The number of nitro benzene ring substituents is 1. The summed E-state index contributed by atoms with van der Waals surface area (Å²) in [6.45, 7) is 0. The minimum atomic E-state index is -0.500. The topological polar surface area (TPSA) is 97.5 Å². The molecule has 0 fully saturated rings. The first-order valence-electron chi connectivity index (χ1n) is 6.26. The number of nitrogens with zero attached hydrogens (tertiary/aromatic N) is 3. The molecule has 1 aromatic heterocycles. The Morgan fingerprint density at radius 2 is 2.09 bits per heavy atom. The molecular formula is C14H12N4O3S. The molecule has 7 nitrogen and oxygen atoms in total. The molecule has 1 heterocycles. The Hall–Kier alpha value is -2.74. The van der Waals surface area contributed by atoms with E-state index in [2.05, 4.69) is 15.5 Å². The number of benzene rings is 1. The number of nitro groups is 1. The zero-order chi connectivity index (χ0) is 15.8. The van der Waals surface area contributed by atoms with Gasteiger partial charge in [0.15, 0.2) is 0 Å². The Bertz CT molecular complexity index is 691. The highest BCUT2D eigenvalue weighted by Crippen LogP contribution is 2.15. The first-order valence-corrected chi connectivity index (χ1v) is 7.24. The molecule has 22 heavy (non-hydrogen) atoms. The quantitative estimate of drug-likeness (QED) is 0.381. The van der Waals surface area contributed by atoms with Gasteiger partial charge in [0, 0.05) is 12.3 Å². The van der Waals surface area contributed by atoms with E-state index in [0.717, 1.165) is 5.03 Å². The molecule has 0 saturated carbocycles. The van der Waals surface area contributed by atoms with Gasteiger partial charge in [0.2, 0.25) is 5.91 Å². The highest BCUT2D eigenvalue weighted by molar-refractivity contribution is 7.99. The third-order valence-electron chi connectivity index (χ3n) is 2.52. The molecule has 0 spiro atoms. The van der Waals surface area contributed by atoms with Crippen LogP contribution in [0.1, 0.15) is 5.56 Å². The number of para-hydroxylation sites is 1. The summed E-state index contributed by atoms with van der Waals surface area (Å²) >= 11 is 1.28. The maximum Gasteiger partial charge on any atom is 0.278 e. The fourth-order valence-corrected chi connectivity index (χ4v) is 2.19. The van der Waals surface area contributed by atoms with E-state index >= 15 is 0 Å². The van der Waals surface area contributed by atoms with Crippen molar-refractivity contribution in [1.29, 1.82) is 0 Å². The molecular weight excluding hydrogens is 304 g/mol. The lowest BCUT2D eigenvalue weighted by Crippen LogP contribution is -2.19. The summed E-state index contributed by atoms with van der Waals surface area (Å²) in [7, 11) is 0. The Labute approximate surface area is 130 Å². The van der Waals surface area contributed by atoms with Crippen molar-refractivity contribution < 1.29 is 9.72 Å². The molecule has 2 rings (SSSR count). The predicted octanol–water partition coefficient (Wildman–Crippen LogP) is 2.23. The van der Waals surface area contributed by atoms with Crippen LogP contribution in [-0.2, 0) is 4.79 Å². The Morgan fingerprint density at radius 1 is 1.32 bits per heavy atom. The van der Waals surface area contributed by atoms with Gasteiger partial charge in [-0.25, -0.2) is 10.4 Å². The van der Waals surface area contributed by atoms with E-state index in [0.29, 0.717) is 5.56 Å². The lowest BCUT2D eigenvalue weighted by molar-refractivity contribution is -0.385. The number of pyridine rings is 1. The van der Waals surface area contributed by atoms with Gasteiger partial charge >= 0.3 is 0 Å². The van der Waals surface area contributed by atoms with Crippen LogP contribution in [0.4, 0.5) is 5.69 Å². The van der Waals surface area contributed by atoms with E-state index in [1.807, 2.05) is 6.07 Å². The van der Waals surface area contributed by atoms with Crippen molar-refractivity contribution in [2.75, 3.05) is 5.75 Å². The second-order valence-corrected chi connectivity index (χ2v) is 5.06. The number of thioether (sulfide) groups is 1. The number of rotatable bonds is 6. The molecule has 1 N–H and O–H groups in total. The summed E-state index contributed by atoms with van der Waals surface area (Å²) in [5, 5.41) is 15.3. The molecule has 0 unspecified atom stereocenters. The molecule has 1 amide bonds. The molecule has 0 aliphatic heterocycles. The molecule has 0 atom stereocenters. The van der Waals surface area contributed by atoms with E-state index in [1.54, 1.807) is 36.5 Å². The molecule has 0 saturated heterocycles. The second-order valence-electron chi connectivity index (χ2n) is 4.07. The van der Waals surface area contributed by atoms with Crippen LogP contribution in [0.3, 0.4) is 0 Å². The number of nitrogens with one attached hydrogen (secondary N) is 1. The minimum absolute atomic E-state index is 0.0663. The van der Waals surface area contributed by atoms with Crippen LogP contribution >= 0.6 is 11.8 Å². The van der Waals surface area contributed by atoms with Crippen molar-refractivity contribution in [3.63, 3.8) is 0 Å². The van der Waals surface area contributed by atoms with Crippen molar-refractivity contribution >= 4 is 29.6 Å². The third-order valence-corrected chi connectivity index (χ3v) is 3.46. The van der Waals surface area contributed by atoms with E-state index < -0.39 is 4.92 Å². The van der Waals surface area contributed by atoms with E-state index in [-0.39, 0.29) is 17.3 Å².